The second kappa shape index (κ2) is 9.08. The highest BCUT2D eigenvalue weighted by atomic mass is 16.5. The highest BCUT2D eigenvalue weighted by Gasteiger charge is 2.39. The van der Waals surface area contributed by atoms with Gasteiger partial charge in [-0.15, -0.1) is 0 Å². The Bertz CT molecular complexity index is 1030. The molecule has 0 aliphatic carbocycles. The highest BCUT2D eigenvalue weighted by molar-refractivity contribution is 5.87. The molecule has 0 amide bonds. The zero-order valence-corrected chi connectivity index (χ0v) is 17.7. The van der Waals surface area contributed by atoms with Gasteiger partial charge in [-0.1, -0.05) is 42.5 Å². The summed E-state index contributed by atoms with van der Waals surface area (Å²) in [4.78, 5) is 0. The minimum absolute atomic E-state index is 0.135. The summed E-state index contributed by atoms with van der Waals surface area (Å²) < 4.78 is 13.7. The van der Waals surface area contributed by atoms with E-state index in [1.54, 1.807) is 19.2 Å². The fourth-order valence-corrected chi connectivity index (χ4v) is 4.47. The van der Waals surface area contributed by atoms with Crippen molar-refractivity contribution in [2.24, 2.45) is 0 Å². The number of rotatable bonds is 6. The van der Waals surface area contributed by atoms with E-state index in [1.807, 2.05) is 43.5 Å². The predicted molar refractivity (Wildman–Crippen MR) is 116 cm³/mol. The van der Waals surface area contributed by atoms with Crippen molar-refractivity contribution in [2.75, 3.05) is 13.7 Å². The first-order valence-corrected chi connectivity index (χ1v) is 10.4. The van der Waals surface area contributed by atoms with Crippen molar-refractivity contribution in [3.63, 3.8) is 0 Å². The van der Waals surface area contributed by atoms with E-state index in [0.717, 1.165) is 27.6 Å². The van der Waals surface area contributed by atoms with Gasteiger partial charge in [-0.25, -0.2) is 0 Å². The van der Waals surface area contributed by atoms with Crippen LogP contribution in [0.25, 0.3) is 10.9 Å². The molecule has 4 N–H and O–H groups in total. The van der Waals surface area contributed by atoms with Crippen molar-refractivity contribution in [3.8, 4) is 0 Å². The maximum Gasteiger partial charge on any atom is 0.178 e. The first-order valence-electron chi connectivity index (χ1n) is 10.4. The van der Waals surface area contributed by atoms with E-state index in [0.29, 0.717) is 18.5 Å². The number of aliphatic hydroxyl groups excluding tert-OH is 3. The largest absolute Gasteiger partial charge is 0.394 e. The van der Waals surface area contributed by atoms with Crippen LogP contribution in [0.1, 0.15) is 41.1 Å². The number of aromatic nitrogens is 1. The van der Waals surface area contributed by atoms with E-state index in [-0.39, 0.29) is 6.61 Å². The standard InChI is InChI=1S/C24H29NO6/c1-14-4-3-5-18-19(23-22(27)20(30-2)10-17(13-26)31-23)12-25(21(14)18)11-15-6-8-16(9-7-15)24(28)29/h3-9,12,17,20,22-24,26-29H,10-11,13H2,1-2H3/t17-,20-,22-,23-/m0/s1. The smallest absolute Gasteiger partial charge is 0.178 e. The molecule has 1 saturated heterocycles. The Kier molecular flexibility index (Phi) is 6.43. The van der Waals surface area contributed by atoms with Gasteiger partial charge in [0.2, 0.25) is 0 Å². The Hall–Kier alpha value is -2.26. The first-order chi connectivity index (χ1) is 14.9. The van der Waals surface area contributed by atoms with E-state index >= 15 is 0 Å². The lowest BCUT2D eigenvalue weighted by atomic mass is 9.92. The molecule has 0 spiro atoms. The van der Waals surface area contributed by atoms with E-state index in [1.165, 1.54) is 0 Å². The summed E-state index contributed by atoms with van der Waals surface area (Å²) in [5.41, 5.74) is 4.44. The molecule has 4 atom stereocenters. The molecule has 1 aromatic heterocycles. The maximum atomic E-state index is 10.9. The van der Waals surface area contributed by atoms with Gasteiger partial charge in [-0.2, -0.15) is 0 Å². The number of ether oxygens (including phenoxy) is 2. The van der Waals surface area contributed by atoms with Crippen LogP contribution in [0, 0.1) is 6.92 Å². The van der Waals surface area contributed by atoms with Crippen LogP contribution in [0.15, 0.2) is 48.7 Å². The third kappa shape index (κ3) is 4.25. The molecule has 7 nitrogen and oxygen atoms in total. The van der Waals surface area contributed by atoms with Gasteiger partial charge in [0, 0.05) is 42.8 Å². The number of aryl methyl sites for hydroxylation is 1. The Morgan fingerprint density at radius 1 is 1.16 bits per heavy atom. The number of benzene rings is 2. The van der Waals surface area contributed by atoms with E-state index in [2.05, 4.69) is 4.57 Å². The Labute approximate surface area is 181 Å². The third-order valence-corrected chi connectivity index (χ3v) is 6.10. The summed E-state index contributed by atoms with van der Waals surface area (Å²) in [6.45, 7) is 2.48. The molecule has 1 fully saturated rings. The maximum absolute atomic E-state index is 10.9. The molecule has 4 rings (SSSR count). The minimum Gasteiger partial charge on any atom is -0.394 e. The summed E-state index contributed by atoms with van der Waals surface area (Å²) in [6.07, 6.45) is -1.35. The van der Waals surface area contributed by atoms with Crippen LogP contribution in [-0.2, 0) is 16.0 Å². The fourth-order valence-electron chi connectivity index (χ4n) is 4.47. The summed E-state index contributed by atoms with van der Waals surface area (Å²) in [5, 5.41) is 40.2. The van der Waals surface area contributed by atoms with Crippen LogP contribution in [0.5, 0.6) is 0 Å². The van der Waals surface area contributed by atoms with Crippen molar-refractivity contribution in [1.82, 2.24) is 4.57 Å². The summed E-state index contributed by atoms with van der Waals surface area (Å²) in [7, 11) is 1.56. The van der Waals surface area contributed by atoms with Crippen LogP contribution < -0.4 is 0 Å². The van der Waals surface area contributed by atoms with Crippen LogP contribution in [0.4, 0.5) is 0 Å². The number of fused-ring (bicyclic) bond motifs is 1. The lowest BCUT2D eigenvalue weighted by Gasteiger charge is -2.38. The molecular formula is C24H29NO6. The molecule has 0 unspecified atom stereocenters. The van der Waals surface area contributed by atoms with Crippen LogP contribution in [0.2, 0.25) is 0 Å². The molecule has 2 aromatic carbocycles. The van der Waals surface area contributed by atoms with Gasteiger partial charge in [0.1, 0.15) is 12.2 Å². The van der Waals surface area contributed by atoms with E-state index < -0.39 is 30.7 Å². The number of hydrogen-bond donors (Lipinski definition) is 4. The molecule has 2 heterocycles. The van der Waals surface area contributed by atoms with Gasteiger partial charge in [0.25, 0.3) is 0 Å². The Balaban J connectivity index is 1.74. The molecule has 0 radical (unpaired) electrons. The highest BCUT2D eigenvalue weighted by Crippen LogP contribution is 2.38. The molecule has 0 bridgehead atoms. The average molecular weight is 427 g/mol. The average Bonchev–Trinajstić information content (AvgIpc) is 3.13. The van der Waals surface area contributed by atoms with Gasteiger partial charge in [-0.05, 0) is 18.1 Å². The van der Waals surface area contributed by atoms with Gasteiger partial charge in [-0.3, -0.25) is 0 Å². The third-order valence-electron chi connectivity index (χ3n) is 6.10. The van der Waals surface area contributed by atoms with Crippen molar-refractivity contribution in [3.05, 3.63) is 70.9 Å². The second-order valence-corrected chi connectivity index (χ2v) is 8.16. The lowest BCUT2D eigenvalue weighted by molar-refractivity contribution is -0.186. The van der Waals surface area contributed by atoms with E-state index in [9.17, 15) is 20.4 Å². The number of methoxy groups -OCH3 is 1. The van der Waals surface area contributed by atoms with Crippen LogP contribution >= 0.6 is 0 Å². The van der Waals surface area contributed by atoms with Crippen molar-refractivity contribution >= 4 is 10.9 Å². The summed E-state index contributed by atoms with van der Waals surface area (Å²) in [6, 6.07) is 13.2. The van der Waals surface area contributed by atoms with Crippen LogP contribution in [-0.4, -0.2) is 57.0 Å². The molecule has 31 heavy (non-hydrogen) atoms. The molecule has 7 heteroatoms. The Morgan fingerprint density at radius 2 is 1.90 bits per heavy atom. The minimum atomic E-state index is -1.49. The zero-order chi connectivity index (χ0) is 22.1. The summed E-state index contributed by atoms with van der Waals surface area (Å²) in [5.74, 6) is 0. The van der Waals surface area contributed by atoms with Gasteiger partial charge in [0.05, 0.1) is 24.3 Å². The number of para-hydroxylation sites is 1. The zero-order valence-electron chi connectivity index (χ0n) is 17.7. The normalized spacial score (nSPS) is 24.2. The summed E-state index contributed by atoms with van der Waals surface area (Å²) >= 11 is 0. The number of nitrogens with zero attached hydrogens (tertiary/aromatic N) is 1. The second-order valence-electron chi connectivity index (χ2n) is 8.16. The van der Waals surface area contributed by atoms with Crippen molar-refractivity contribution in [2.45, 2.75) is 50.6 Å². The number of aliphatic hydroxyl groups is 4. The van der Waals surface area contributed by atoms with Gasteiger partial charge < -0.3 is 34.5 Å². The quantitative estimate of drug-likeness (QED) is 0.450. The molecule has 1 aliphatic rings. The molecular weight excluding hydrogens is 398 g/mol. The monoisotopic (exact) mass is 427 g/mol. The molecule has 0 saturated carbocycles. The topological polar surface area (TPSA) is 104 Å². The Morgan fingerprint density at radius 3 is 2.55 bits per heavy atom. The van der Waals surface area contributed by atoms with Crippen molar-refractivity contribution in [1.29, 1.82) is 0 Å². The van der Waals surface area contributed by atoms with Gasteiger partial charge >= 0.3 is 0 Å². The molecule has 3 aromatic rings. The van der Waals surface area contributed by atoms with Gasteiger partial charge in [0.15, 0.2) is 6.29 Å². The SMILES string of the molecule is CO[C@H]1C[C@@H](CO)O[C@@H](c2cn(Cc3ccc(C(O)O)cc3)c3c(C)cccc23)[C@H]1O. The lowest BCUT2D eigenvalue weighted by Crippen LogP contribution is -2.45. The molecule has 1 aliphatic heterocycles. The number of hydrogen-bond acceptors (Lipinski definition) is 6. The van der Waals surface area contributed by atoms with Crippen LogP contribution in [0.3, 0.4) is 0 Å². The van der Waals surface area contributed by atoms with E-state index in [4.69, 9.17) is 9.47 Å². The molecule has 166 valence electrons. The fraction of sp³-hybridized carbons (Fsp3) is 0.417. The predicted octanol–water partition coefficient (Wildman–Crippen LogP) is 2.18. The first kappa shape index (κ1) is 22.0. The van der Waals surface area contributed by atoms with Crippen molar-refractivity contribution < 1.29 is 29.9 Å².